The summed E-state index contributed by atoms with van der Waals surface area (Å²) in [6, 6.07) is 15.8. The van der Waals surface area contributed by atoms with Crippen LogP contribution in [0.15, 0.2) is 48.5 Å². The van der Waals surface area contributed by atoms with Crippen molar-refractivity contribution in [2.45, 2.75) is 20.8 Å². The van der Waals surface area contributed by atoms with E-state index in [1.807, 2.05) is 36.4 Å². The van der Waals surface area contributed by atoms with Crippen molar-refractivity contribution in [2.24, 2.45) is 0 Å². The summed E-state index contributed by atoms with van der Waals surface area (Å²) in [7, 11) is 0. The summed E-state index contributed by atoms with van der Waals surface area (Å²) in [4.78, 5) is 12.2. The standard InChI is InChI=1S/C20H19NO2S/c1-4-23-20(22)18-12-17-14(3)21(15-8-6-5-7-9-15)13(2)16(17)10-11-19(18)24/h5-12H,4H2,1-3H3. The summed E-state index contributed by atoms with van der Waals surface area (Å²) in [5, 5.41) is 2.09. The highest BCUT2D eigenvalue weighted by Crippen LogP contribution is 2.29. The second-order valence-corrected chi connectivity index (χ2v) is 6.09. The molecule has 0 saturated heterocycles. The first-order valence-corrected chi connectivity index (χ1v) is 8.34. The lowest BCUT2D eigenvalue weighted by atomic mass is 10.2. The van der Waals surface area contributed by atoms with Crippen LogP contribution in [0.1, 0.15) is 28.7 Å². The molecule has 122 valence electrons. The van der Waals surface area contributed by atoms with Crippen LogP contribution in [0.5, 0.6) is 0 Å². The average Bonchev–Trinajstić information content (AvgIpc) is 2.71. The number of para-hydroxylation sites is 1. The molecule has 1 heterocycles. The van der Waals surface area contributed by atoms with Gasteiger partial charge in [0, 0.05) is 27.8 Å². The third kappa shape index (κ3) is 2.74. The van der Waals surface area contributed by atoms with E-state index in [0.29, 0.717) is 16.7 Å². The predicted octanol–water partition coefficient (Wildman–Crippen LogP) is 5.15. The molecule has 0 unspecified atom stereocenters. The number of hydrogen-bond acceptors (Lipinski definition) is 3. The van der Waals surface area contributed by atoms with E-state index in [2.05, 4.69) is 30.5 Å². The minimum absolute atomic E-state index is 0.332. The third-order valence-electron chi connectivity index (χ3n) is 4.21. The van der Waals surface area contributed by atoms with Gasteiger partial charge in [0.15, 0.2) is 0 Å². The van der Waals surface area contributed by atoms with Crippen molar-refractivity contribution in [3.8, 4) is 5.69 Å². The smallest absolute Gasteiger partial charge is 0.339 e. The largest absolute Gasteiger partial charge is 0.462 e. The van der Waals surface area contributed by atoms with E-state index in [1.54, 1.807) is 6.92 Å². The van der Waals surface area contributed by atoms with Crippen LogP contribution in [-0.4, -0.2) is 17.1 Å². The van der Waals surface area contributed by atoms with Crippen LogP contribution in [0.25, 0.3) is 16.5 Å². The van der Waals surface area contributed by atoms with E-state index in [1.165, 1.54) is 0 Å². The Bertz CT molecular complexity index is 974. The molecule has 0 amide bonds. The molecule has 0 aliphatic heterocycles. The zero-order chi connectivity index (χ0) is 17.3. The lowest BCUT2D eigenvalue weighted by molar-refractivity contribution is 0.0526. The number of hydrogen-bond donors (Lipinski definition) is 0. The Morgan fingerprint density at radius 2 is 1.71 bits per heavy atom. The average molecular weight is 337 g/mol. The highest BCUT2D eigenvalue weighted by atomic mass is 32.1. The number of nitrogens with zero attached hydrogens (tertiary/aromatic N) is 1. The van der Waals surface area contributed by atoms with Gasteiger partial charge in [0.2, 0.25) is 0 Å². The van der Waals surface area contributed by atoms with Crippen molar-refractivity contribution < 1.29 is 9.53 Å². The number of carbonyl (C=O) groups is 1. The van der Waals surface area contributed by atoms with Crippen molar-refractivity contribution in [1.82, 2.24) is 4.57 Å². The number of ether oxygens (including phenoxy) is 1. The Morgan fingerprint density at radius 3 is 2.38 bits per heavy atom. The van der Waals surface area contributed by atoms with Gasteiger partial charge in [0.1, 0.15) is 0 Å². The molecule has 3 rings (SSSR count). The van der Waals surface area contributed by atoms with Gasteiger partial charge in [-0.15, -0.1) is 0 Å². The molecular weight excluding hydrogens is 318 g/mol. The molecule has 1 aromatic heterocycles. The molecule has 4 heteroatoms. The second kappa shape index (κ2) is 6.57. The molecular formula is C20H19NO2S. The van der Waals surface area contributed by atoms with E-state index in [-0.39, 0.29) is 5.97 Å². The fraction of sp³-hybridized carbons (Fsp3) is 0.200. The monoisotopic (exact) mass is 337 g/mol. The predicted molar refractivity (Wildman–Crippen MR) is 99.5 cm³/mol. The normalized spacial score (nSPS) is 10.8. The molecule has 3 nitrogen and oxygen atoms in total. The summed E-state index contributed by atoms with van der Waals surface area (Å²) in [6.07, 6.45) is 0. The first-order valence-electron chi connectivity index (χ1n) is 7.93. The van der Waals surface area contributed by atoms with Crippen LogP contribution in [0.4, 0.5) is 0 Å². The van der Waals surface area contributed by atoms with Gasteiger partial charge in [-0.05, 0) is 45.0 Å². The van der Waals surface area contributed by atoms with Gasteiger partial charge >= 0.3 is 5.97 Å². The van der Waals surface area contributed by atoms with Gasteiger partial charge in [-0.1, -0.05) is 36.5 Å². The number of fused-ring (bicyclic) bond motifs is 1. The molecule has 3 aromatic rings. The Balaban J connectivity index is 2.32. The minimum Gasteiger partial charge on any atom is -0.462 e. The van der Waals surface area contributed by atoms with Crippen LogP contribution in [0, 0.1) is 18.4 Å². The third-order valence-corrected chi connectivity index (χ3v) is 4.56. The lowest BCUT2D eigenvalue weighted by Gasteiger charge is -2.09. The van der Waals surface area contributed by atoms with Gasteiger partial charge in [-0.25, -0.2) is 4.79 Å². The van der Waals surface area contributed by atoms with Crippen molar-refractivity contribution in [3.05, 3.63) is 70.0 Å². The number of carbonyl (C=O) groups excluding carboxylic acids is 1. The van der Waals surface area contributed by atoms with E-state index in [9.17, 15) is 4.79 Å². The lowest BCUT2D eigenvalue weighted by Crippen LogP contribution is -2.04. The van der Waals surface area contributed by atoms with Gasteiger partial charge in [0.05, 0.1) is 16.7 Å². The summed E-state index contributed by atoms with van der Waals surface area (Å²) < 4.78 is 7.85. The Kier molecular flexibility index (Phi) is 4.49. The molecule has 0 bridgehead atoms. The topological polar surface area (TPSA) is 31.2 Å². The summed E-state index contributed by atoms with van der Waals surface area (Å²) in [5.74, 6) is -0.371. The molecule has 0 spiro atoms. The highest BCUT2D eigenvalue weighted by Gasteiger charge is 2.15. The van der Waals surface area contributed by atoms with Crippen molar-refractivity contribution in [1.29, 1.82) is 0 Å². The van der Waals surface area contributed by atoms with E-state index >= 15 is 0 Å². The van der Waals surface area contributed by atoms with E-state index in [0.717, 1.165) is 27.8 Å². The first kappa shape index (κ1) is 16.4. The zero-order valence-electron chi connectivity index (χ0n) is 14.0. The Labute approximate surface area is 146 Å². The van der Waals surface area contributed by atoms with Crippen molar-refractivity contribution >= 4 is 29.0 Å². The number of rotatable bonds is 3. The van der Waals surface area contributed by atoms with E-state index < -0.39 is 0 Å². The summed E-state index contributed by atoms with van der Waals surface area (Å²) >= 11 is 5.37. The van der Waals surface area contributed by atoms with Crippen molar-refractivity contribution in [2.75, 3.05) is 6.61 Å². The minimum atomic E-state index is -0.371. The number of aromatic nitrogens is 1. The first-order chi connectivity index (χ1) is 11.5. The fourth-order valence-electron chi connectivity index (χ4n) is 3.07. The van der Waals surface area contributed by atoms with Crippen molar-refractivity contribution in [3.63, 3.8) is 0 Å². The maximum Gasteiger partial charge on any atom is 0.339 e. The van der Waals surface area contributed by atoms with Gasteiger partial charge in [0.25, 0.3) is 0 Å². The zero-order valence-corrected chi connectivity index (χ0v) is 14.8. The quantitative estimate of drug-likeness (QED) is 0.489. The molecule has 0 N–H and O–H groups in total. The molecule has 0 aliphatic rings. The molecule has 0 fully saturated rings. The maximum absolute atomic E-state index is 12.2. The molecule has 0 aliphatic carbocycles. The fourth-order valence-corrected chi connectivity index (χ4v) is 3.28. The number of esters is 1. The number of aryl methyl sites for hydroxylation is 2. The summed E-state index contributed by atoms with van der Waals surface area (Å²) in [5.41, 5.74) is 3.73. The number of benzene rings is 1. The Hall–Kier alpha value is -2.46. The molecule has 0 atom stereocenters. The van der Waals surface area contributed by atoms with E-state index in [4.69, 9.17) is 17.0 Å². The molecule has 0 radical (unpaired) electrons. The molecule has 0 saturated carbocycles. The second-order valence-electron chi connectivity index (χ2n) is 5.65. The molecule has 2 aromatic carbocycles. The van der Waals surface area contributed by atoms with Gasteiger partial charge in [-0.2, -0.15) is 0 Å². The van der Waals surface area contributed by atoms with Gasteiger partial charge in [-0.3, -0.25) is 0 Å². The van der Waals surface area contributed by atoms with Crippen LogP contribution in [-0.2, 0) is 4.74 Å². The van der Waals surface area contributed by atoms with Crippen LogP contribution < -0.4 is 0 Å². The highest BCUT2D eigenvalue weighted by molar-refractivity contribution is 7.71. The van der Waals surface area contributed by atoms with Crippen LogP contribution >= 0.6 is 12.2 Å². The maximum atomic E-state index is 12.2. The van der Waals surface area contributed by atoms with Crippen LogP contribution in [0.3, 0.4) is 0 Å². The Morgan fingerprint density at radius 1 is 1.04 bits per heavy atom. The SMILES string of the molecule is CCOC(=O)c1cc2c(C)n(-c3ccccc3)c(C)c2ccc1=S. The molecule has 24 heavy (non-hydrogen) atoms. The van der Waals surface area contributed by atoms with Crippen LogP contribution in [0.2, 0.25) is 0 Å². The summed E-state index contributed by atoms with van der Waals surface area (Å²) in [6.45, 7) is 6.26. The van der Waals surface area contributed by atoms with Gasteiger partial charge < -0.3 is 9.30 Å².